The normalized spacial score (nSPS) is 23.3. The molecule has 0 unspecified atom stereocenters. The van der Waals surface area contributed by atoms with Crippen molar-refractivity contribution in [2.75, 3.05) is 20.3 Å². The van der Waals surface area contributed by atoms with Gasteiger partial charge in [0.1, 0.15) is 18.5 Å². The van der Waals surface area contributed by atoms with E-state index in [0.717, 1.165) is 0 Å². The fourth-order valence-electron chi connectivity index (χ4n) is 3.13. The quantitative estimate of drug-likeness (QED) is 0.816. The number of likely N-dealkylation sites (tertiary alicyclic amines) is 1. The monoisotopic (exact) mass is 321 g/mol. The Labute approximate surface area is 138 Å². The molecule has 5 nitrogen and oxygen atoms in total. The van der Waals surface area contributed by atoms with E-state index < -0.39 is 6.10 Å². The molecule has 1 fully saturated rings. The van der Waals surface area contributed by atoms with Gasteiger partial charge in [-0.3, -0.25) is 4.90 Å². The lowest BCUT2D eigenvalue weighted by Gasteiger charge is -2.40. The number of esters is 1. The van der Waals surface area contributed by atoms with Gasteiger partial charge in [-0.2, -0.15) is 0 Å². The molecule has 0 aromatic heterocycles. The van der Waals surface area contributed by atoms with Gasteiger partial charge in [0.15, 0.2) is 0 Å². The Morgan fingerprint density at radius 1 is 1.26 bits per heavy atom. The first-order chi connectivity index (χ1) is 11.0. The summed E-state index contributed by atoms with van der Waals surface area (Å²) in [5.41, 5.74) is 0.483. The van der Waals surface area contributed by atoms with E-state index in [4.69, 9.17) is 4.74 Å². The van der Waals surface area contributed by atoms with E-state index in [2.05, 4.69) is 23.5 Å². The van der Waals surface area contributed by atoms with Crippen LogP contribution in [0, 0.1) is 0 Å². The number of rotatable bonds is 6. The Balaban J connectivity index is 1.81. The molecule has 0 spiro atoms. The van der Waals surface area contributed by atoms with Gasteiger partial charge in [0, 0.05) is 18.6 Å². The number of aliphatic hydroxyl groups is 1. The van der Waals surface area contributed by atoms with E-state index in [1.807, 2.05) is 0 Å². The predicted octanol–water partition coefficient (Wildman–Crippen LogP) is 2.48. The van der Waals surface area contributed by atoms with E-state index in [1.165, 1.54) is 26.4 Å². The van der Waals surface area contributed by atoms with Crippen molar-refractivity contribution < 1.29 is 19.4 Å². The predicted molar refractivity (Wildman–Crippen MR) is 88.8 cm³/mol. The summed E-state index contributed by atoms with van der Waals surface area (Å²) in [6.07, 6.45) is 3.11. The number of nitrogens with zero attached hydrogens (tertiary/aromatic N) is 1. The van der Waals surface area contributed by atoms with Crippen molar-refractivity contribution in [1.29, 1.82) is 0 Å². The molecule has 1 heterocycles. The summed E-state index contributed by atoms with van der Waals surface area (Å²) < 4.78 is 10.3. The average molecular weight is 321 g/mol. The van der Waals surface area contributed by atoms with E-state index in [-0.39, 0.29) is 12.6 Å². The minimum atomic E-state index is -0.529. The number of piperidine rings is 1. The topological polar surface area (TPSA) is 59.0 Å². The number of β-amino-alcohol motifs (C(OH)–C–C–N with tert-alkyl or cyclic N) is 1. The zero-order valence-electron chi connectivity index (χ0n) is 14.2. The molecule has 0 aliphatic carbocycles. The van der Waals surface area contributed by atoms with Crippen LogP contribution in [-0.4, -0.2) is 54.4 Å². The maximum Gasteiger partial charge on any atom is 0.337 e. The Hall–Kier alpha value is -1.59. The van der Waals surface area contributed by atoms with Crippen LogP contribution in [0.15, 0.2) is 24.3 Å². The van der Waals surface area contributed by atoms with Crippen LogP contribution in [-0.2, 0) is 4.74 Å². The van der Waals surface area contributed by atoms with Gasteiger partial charge in [-0.05, 0) is 51.0 Å². The molecule has 1 N–H and O–H groups in total. The van der Waals surface area contributed by atoms with Crippen molar-refractivity contribution >= 4 is 5.97 Å². The number of hydrogen-bond acceptors (Lipinski definition) is 5. The number of aliphatic hydroxyl groups excluding tert-OH is 1. The van der Waals surface area contributed by atoms with Crippen LogP contribution in [0.5, 0.6) is 5.75 Å². The molecule has 1 aromatic rings. The van der Waals surface area contributed by atoms with Gasteiger partial charge in [-0.1, -0.05) is 6.42 Å². The number of methoxy groups -OCH3 is 1. The third-order valence-corrected chi connectivity index (χ3v) is 4.52. The molecule has 0 saturated carbocycles. The van der Waals surface area contributed by atoms with Crippen LogP contribution in [0.1, 0.15) is 43.5 Å². The summed E-state index contributed by atoms with van der Waals surface area (Å²) in [6.45, 7) is 5.31. The van der Waals surface area contributed by atoms with Crippen molar-refractivity contribution in [2.24, 2.45) is 0 Å². The smallest absolute Gasteiger partial charge is 0.337 e. The zero-order valence-corrected chi connectivity index (χ0v) is 14.2. The molecule has 0 radical (unpaired) electrons. The highest BCUT2D eigenvalue weighted by Crippen LogP contribution is 2.22. The molecule has 1 aliphatic rings. The van der Waals surface area contributed by atoms with Crippen molar-refractivity contribution in [3.8, 4) is 5.75 Å². The fraction of sp³-hybridized carbons (Fsp3) is 0.611. The second-order valence-electron chi connectivity index (χ2n) is 6.31. The highest BCUT2D eigenvalue weighted by atomic mass is 16.5. The van der Waals surface area contributed by atoms with Gasteiger partial charge < -0.3 is 14.6 Å². The number of ether oxygens (including phenoxy) is 2. The maximum absolute atomic E-state index is 11.4. The van der Waals surface area contributed by atoms with Gasteiger partial charge in [0.25, 0.3) is 0 Å². The number of carbonyl (C=O) groups excluding carboxylic acids is 1. The first kappa shape index (κ1) is 17.8. The molecule has 2 rings (SSSR count). The highest BCUT2D eigenvalue weighted by molar-refractivity contribution is 5.89. The Bertz CT molecular complexity index is 492. The molecule has 5 heteroatoms. The lowest BCUT2D eigenvalue weighted by Crippen LogP contribution is -2.48. The van der Waals surface area contributed by atoms with Gasteiger partial charge in [-0.25, -0.2) is 4.79 Å². The first-order valence-corrected chi connectivity index (χ1v) is 8.26. The van der Waals surface area contributed by atoms with Crippen LogP contribution < -0.4 is 4.74 Å². The number of benzene rings is 1. The summed E-state index contributed by atoms with van der Waals surface area (Å²) in [7, 11) is 1.35. The molecule has 23 heavy (non-hydrogen) atoms. The van der Waals surface area contributed by atoms with Crippen LogP contribution in [0.3, 0.4) is 0 Å². The molecule has 0 bridgehead atoms. The lowest BCUT2D eigenvalue weighted by molar-refractivity contribution is 0.0209. The van der Waals surface area contributed by atoms with Crippen LogP contribution in [0.4, 0.5) is 0 Å². The van der Waals surface area contributed by atoms with Crippen molar-refractivity contribution in [2.45, 2.75) is 51.3 Å². The van der Waals surface area contributed by atoms with Gasteiger partial charge in [-0.15, -0.1) is 0 Å². The van der Waals surface area contributed by atoms with Crippen molar-refractivity contribution in [3.05, 3.63) is 29.8 Å². The first-order valence-electron chi connectivity index (χ1n) is 8.26. The molecular weight excluding hydrogens is 294 g/mol. The van der Waals surface area contributed by atoms with Crippen molar-refractivity contribution in [1.82, 2.24) is 4.90 Å². The molecule has 0 amide bonds. The minimum absolute atomic E-state index is 0.244. The number of carbonyl (C=O) groups is 1. The van der Waals surface area contributed by atoms with E-state index >= 15 is 0 Å². The minimum Gasteiger partial charge on any atom is -0.491 e. The Kier molecular flexibility index (Phi) is 6.42. The SMILES string of the molecule is COC(=O)c1ccc(OC[C@@H](O)CN2[C@H](C)CCC[C@H]2C)cc1. The summed E-state index contributed by atoms with van der Waals surface area (Å²) in [4.78, 5) is 13.7. The zero-order chi connectivity index (χ0) is 16.8. The van der Waals surface area contributed by atoms with Gasteiger partial charge in [0.2, 0.25) is 0 Å². The Morgan fingerprint density at radius 3 is 2.43 bits per heavy atom. The van der Waals surface area contributed by atoms with Crippen LogP contribution >= 0.6 is 0 Å². The van der Waals surface area contributed by atoms with Crippen LogP contribution in [0.2, 0.25) is 0 Å². The summed E-state index contributed by atoms with van der Waals surface area (Å²) >= 11 is 0. The third kappa shape index (κ3) is 4.94. The van der Waals surface area contributed by atoms with E-state index in [0.29, 0.717) is 29.9 Å². The molecule has 3 atom stereocenters. The van der Waals surface area contributed by atoms with E-state index in [9.17, 15) is 9.90 Å². The second-order valence-corrected chi connectivity index (χ2v) is 6.31. The molecule has 1 saturated heterocycles. The van der Waals surface area contributed by atoms with Crippen LogP contribution in [0.25, 0.3) is 0 Å². The standard InChI is InChI=1S/C18H27NO4/c1-13-5-4-6-14(2)19(13)11-16(20)12-23-17-9-7-15(8-10-17)18(21)22-3/h7-10,13-14,16,20H,4-6,11-12H2,1-3H3/t13-,14-,16+/m1/s1. The largest absolute Gasteiger partial charge is 0.491 e. The maximum atomic E-state index is 11.4. The lowest BCUT2D eigenvalue weighted by atomic mass is 9.97. The summed E-state index contributed by atoms with van der Waals surface area (Å²) in [5.74, 6) is 0.265. The fourth-order valence-corrected chi connectivity index (χ4v) is 3.13. The molecular formula is C18H27NO4. The summed E-state index contributed by atoms with van der Waals surface area (Å²) in [5, 5.41) is 10.2. The molecule has 1 aromatic carbocycles. The van der Waals surface area contributed by atoms with Gasteiger partial charge in [0.05, 0.1) is 12.7 Å². The summed E-state index contributed by atoms with van der Waals surface area (Å²) in [6, 6.07) is 7.75. The number of hydrogen-bond donors (Lipinski definition) is 1. The van der Waals surface area contributed by atoms with Gasteiger partial charge >= 0.3 is 5.97 Å². The highest BCUT2D eigenvalue weighted by Gasteiger charge is 2.26. The Morgan fingerprint density at radius 2 is 1.87 bits per heavy atom. The van der Waals surface area contributed by atoms with Crippen molar-refractivity contribution in [3.63, 3.8) is 0 Å². The van der Waals surface area contributed by atoms with E-state index in [1.54, 1.807) is 24.3 Å². The average Bonchev–Trinajstić information content (AvgIpc) is 2.56. The third-order valence-electron chi connectivity index (χ3n) is 4.52. The second kappa shape index (κ2) is 8.31. The molecule has 1 aliphatic heterocycles. The molecule has 128 valence electrons.